The van der Waals surface area contributed by atoms with Gasteiger partial charge in [-0.05, 0) is 25.3 Å². The largest absolute Gasteiger partial charge is 0.373 e. The van der Waals surface area contributed by atoms with Crippen LogP contribution >= 0.6 is 0 Å². The van der Waals surface area contributed by atoms with Gasteiger partial charge in [0.05, 0.1) is 5.41 Å². The van der Waals surface area contributed by atoms with Crippen LogP contribution in [0.2, 0.25) is 0 Å². The van der Waals surface area contributed by atoms with Crippen LogP contribution in [0.1, 0.15) is 51.9 Å². The van der Waals surface area contributed by atoms with Crippen LogP contribution in [0.3, 0.4) is 0 Å². The normalized spacial score (nSPS) is 26.5. The minimum absolute atomic E-state index is 0.0403. The van der Waals surface area contributed by atoms with E-state index in [0.717, 1.165) is 19.5 Å². The quantitative estimate of drug-likeness (QED) is 0.893. The van der Waals surface area contributed by atoms with Crippen LogP contribution in [0.5, 0.6) is 0 Å². The molecule has 18 heavy (non-hydrogen) atoms. The van der Waals surface area contributed by atoms with Crippen molar-refractivity contribution in [1.29, 1.82) is 0 Å². The van der Waals surface area contributed by atoms with Gasteiger partial charge < -0.3 is 14.6 Å². The summed E-state index contributed by atoms with van der Waals surface area (Å²) in [7, 11) is 1.69. The molecule has 2 atom stereocenters. The Kier molecular flexibility index (Phi) is 3.47. The summed E-state index contributed by atoms with van der Waals surface area (Å²) < 4.78 is 11.0. The van der Waals surface area contributed by atoms with Crippen molar-refractivity contribution in [3.05, 3.63) is 11.7 Å². The molecule has 2 unspecified atom stereocenters. The van der Waals surface area contributed by atoms with Crippen LogP contribution in [0.15, 0.2) is 4.52 Å². The summed E-state index contributed by atoms with van der Waals surface area (Å²) in [5.74, 6) is 1.36. The van der Waals surface area contributed by atoms with E-state index in [9.17, 15) is 0 Å². The van der Waals surface area contributed by atoms with Gasteiger partial charge in [-0.3, -0.25) is 0 Å². The Morgan fingerprint density at radius 3 is 2.67 bits per heavy atom. The molecule has 0 radical (unpaired) electrons. The Labute approximate surface area is 108 Å². The molecule has 1 aromatic heterocycles. The Balaban J connectivity index is 2.24. The van der Waals surface area contributed by atoms with Crippen LogP contribution in [-0.2, 0) is 10.2 Å². The second-order valence-corrected chi connectivity index (χ2v) is 6.43. The number of ether oxygens (including phenoxy) is 1. The summed E-state index contributed by atoms with van der Waals surface area (Å²) >= 11 is 0. The number of hydrogen-bond donors (Lipinski definition) is 1. The molecule has 5 nitrogen and oxygen atoms in total. The van der Waals surface area contributed by atoms with Crippen molar-refractivity contribution >= 4 is 0 Å². The summed E-state index contributed by atoms with van der Waals surface area (Å²) in [6.07, 6.45) is 0.884. The standard InChI is InChI=1S/C13H23N3O2/c1-12(2,3)9(17-5)10-15-11(18-16-10)13(4)6-7-14-8-13/h9,14H,6-8H2,1-5H3. The molecule has 1 aromatic rings. The Morgan fingerprint density at radius 2 is 2.17 bits per heavy atom. The van der Waals surface area contributed by atoms with Crippen molar-refractivity contribution < 1.29 is 9.26 Å². The Bertz CT molecular complexity index is 403. The van der Waals surface area contributed by atoms with E-state index in [-0.39, 0.29) is 16.9 Å². The van der Waals surface area contributed by atoms with E-state index in [0.29, 0.717) is 11.7 Å². The van der Waals surface area contributed by atoms with Crippen molar-refractivity contribution in [2.45, 2.75) is 45.6 Å². The highest BCUT2D eigenvalue weighted by Crippen LogP contribution is 2.36. The van der Waals surface area contributed by atoms with E-state index in [1.54, 1.807) is 7.11 Å². The topological polar surface area (TPSA) is 60.2 Å². The van der Waals surface area contributed by atoms with Gasteiger partial charge in [-0.2, -0.15) is 4.98 Å². The molecule has 102 valence electrons. The lowest BCUT2D eigenvalue weighted by Gasteiger charge is -2.26. The highest BCUT2D eigenvalue weighted by Gasteiger charge is 2.38. The van der Waals surface area contributed by atoms with Gasteiger partial charge in [-0.15, -0.1) is 0 Å². The summed E-state index contributed by atoms with van der Waals surface area (Å²) in [5.41, 5.74) is -0.0911. The zero-order valence-corrected chi connectivity index (χ0v) is 11.9. The number of aromatic nitrogens is 2. The first-order valence-corrected chi connectivity index (χ1v) is 6.44. The van der Waals surface area contributed by atoms with Crippen molar-refractivity contribution in [2.75, 3.05) is 20.2 Å². The van der Waals surface area contributed by atoms with E-state index in [2.05, 4.69) is 43.2 Å². The number of nitrogens with one attached hydrogen (secondary N) is 1. The second-order valence-electron chi connectivity index (χ2n) is 6.43. The SMILES string of the molecule is COC(c1noc(C2(C)CCNC2)n1)C(C)(C)C. The molecule has 1 aliphatic heterocycles. The number of methoxy groups -OCH3 is 1. The van der Waals surface area contributed by atoms with Crippen molar-refractivity contribution in [1.82, 2.24) is 15.5 Å². The average molecular weight is 253 g/mol. The molecule has 1 aliphatic rings. The van der Waals surface area contributed by atoms with Gasteiger partial charge >= 0.3 is 0 Å². The van der Waals surface area contributed by atoms with E-state index in [4.69, 9.17) is 9.26 Å². The smallest absolute Gasteiger partial charge is 0.234 e. The fourth-order valence-electron chi connectivity index (χ4n) is 2.43. The van der Waals surface area contributed by atoms with Gasteiger partial charge in [0.25, 0.3) is 0 Å². The van der Waals surface area contributed by atoms with Crippen LogP contribution < -0.4 is 5.32 Å². The third-order valence-corrected chi connectivity index (χ3v) is 3.58. The van der Waals surface area contributed by atoms with Crippen molar-refractivity contribution in [3.8, 4) is 0 Å². The Morgan fingerprint density at radius 1 is 1.44 bits per heavy atom. The summed E-state index contributed by atoms with van der Waals surface area (Å²) in [5, 5.41) is 7.44. The van der Waals surface area contributed by atoms with Crippen LogP contribution in [-0.4, -0.2) is 30.3 Å². The maximum absolute atomic E-state index is 5.51. The zero-order chi connectivity index (χ0) is 13.4. The molecule has 1 saturated heterocycles. The molecule has 2 rings (SSSR count). The van der Waals surface area contributed by atoms with E-state index < -0.39 is 0 Å². The molecule has 1 fully saturated rings. The lowest BCUT2D eigenvalue weighted by Crippen LogP contribution is -2.26. The summed E-state index contributed by atoms with van der Waals surface area (Å²) in [6.45, 7) is 10.4. The highest BCUT2D eigenvalue weighted by molar-refractivity contribution is 5.09. The van der Waals surface area contributed by atoms with Crippen molar-refractivity contribution in [3.63, 3.8) is 0 Å². The van der Waals surface area contributed by atoms with Gasteiger partial charge in [-0.25, -0.2) is 0 Å². The van der Waals surface area contributed by atoms with E-state index in [1.807, 2.05) is 0 Å². The lowest BCUT2D eigenvalue weighted by molar-refractivity contribution is 0.00718. The van der Waals surface area contributed by atoms with Gasteiger partial charge in [0.15, 0.2) is 0 Å². The predicted molar refractivity (Wildman–Crippen MR) is 68.3 cm³/mol. The first-order chi connectivity index (χ1) is 8.37. The Hall–Kier alpha value is -0.940. The third-order valence-electron chi connectivity index (χ3n) is 3.58. The second kappa shape index (κ2) is 4.63. The zero-order valence-electron chi connectivity index (χ0n) is 11.9. The number of hydrogen-bond acceptors (Lipinski definition) is 5. The molecular formula is C13H23N3O2. The molecule has 0 spiro atoms. The lowest BCUT2D eigenvalue weighted by atomic mass is 9.88. The van der Waals surface area contributed by atoms with Gasteiger partial charge in [-0.1, -0.05) is 25.9 Å². The average Bonchev–Trinajstić information content (AvgIpc) is 2.87. The van der Waals surface area contributed by atoms with Crippen LogP contribution in [0, 0.1) is 5.41 Å². The number of rotatable bonds is 3. The minimum Gasteiger partial charge on any atom is -0.373 e. The van der Waals surface area contributed by atoms with Crippen LogP contribution in [0.25, 0.3) is 0 Å². The molecule has 0 saturated carbocycles. The summed E-state index contributed by atoms with van der Waals surface area (Å²) in [4.78, 5) is 4.56. The molecule has 2 heterocycles. The third kappa shape index (κ3) is 2.42. The minimum atomic E-state index is -0.145. The molecule has 1 N–H and O–H groups in total. The summed E-state index contributed by atoms with van der Waals surface area (Å²) in [6, 6.07) is 0. The molecular weight excluding hydrogens is 230 g/mol. The number of nitrogens with zero attached hydrogens (tertiary/aromatic N) is 2. The molecule has 0 aliphatic carbocycles. The van der Waals surface area contributed by atoms with Gasteiger partial charge in [0.2, 0.25) is 11.7 Å². The van der Waals surface area contributed by atoms with Gasteiger partial charge in [0, 0.05) is 13.7 Å². The molecule has 0 bridgehead atoms. The first kappa shape index (κ1) is 13.5. The molecule has 0 aromatic carbocycles. The molecule has 5 heteroatoms. The fraction of sp³-hybridized carbons (Fsp3) is 0.846. The maximum atomic E-state index is 5.51. The fourth-order valence-corrected chi connectivity index (χ4v) is 2.43. The first-order valence-electron chi connectivity index (χ1n) is 6.44. The highest BCUT2D eigenvalue weighted by atomic mass is 16.5. The van der Waals surface area contributed by atoms with E-state index in [1.165, 1.54) is 0 Å². The maximum Gasteiger partial charge on any atom is 0.234 e. The van der Waals surface area contributed by atoms with Crippen LogP contribution in [0.4, 0.5) is 0 Å². The monoisotopic (exact) mass is 253 g/mol. The molecule has 0 amide bonds. The van der Waals surface area contributed by atoms with E-state index >= 15 is 0 Å². The van der Waals surface area contributed by atoms with Gasteiger partial charge in [0.1, 0.15) is 6.10 Å². The van der Waals surface area contributed by atoms with Crippen molar-refractivity contribution in [2.24, 2.45) is 5.41 Å². The predicted octanol–water partition coefficient (Wildman–Crippen LogP) is 2.05.